The molecular formula is C27H30N8O2. The average molecular weight is 499 g/mol. The van der Waals surface area contributed by atoms with Crippen molar-refractivity contribution in [2.75, 3.05) is 37.4 Å². The molecule has 3 aliphatic heterocycles. The molecule has 3 saturated heterocycles. The Morgan fingerprint density at radius 2 is 1.86 bits per heavy atom. The number of hydrogen-bond donors (Lipinski definition) is 2. The minimum absolute atomic E-state index is 0.477. The summed E-state index contributed by atoms with van der Waals surface area (Å²) in [5.41, 5.74) is 10.7. The van der Waals surface area contributed by atoms with Crippen molar-refractivity contribution in [3.05, 3.63) is 60.7 Å². The maximum Gasteiger partial charge on any atom is 0.212 e. The third-order valence-electron chi connectivity index (χ3n) is 7.20. The molecule has 10 heteroatoms. The van der Waals surface area contributed by atoms with Crippen LogP contribution < -0.4 is 20.1 Å². The zero-order chi connectivity index (χ0) is 25.4. The minimum atomic E-state index is 0.477. The molecule has 7 heterocycles. The predicted octanol–water partition coefficient (Wildman–Crippen LogP) is 3.38. The lowest BCUT2D eigenvalue weighted by Crippen LogP contribution is -2.68. The van der Waals surface area contributed by atoms with Gasteiger partial charge in [-0.1, -0.05) is 6.07 Å². The van der Waals surface area contributed by atoms with Crippen molar-refractivity contribution in [3.8, 4) is 34.0 Å². The molecule has 0 radical (unpaired) electrons. The molecule has 3 fully saturated rings. The summed E-state index contributed by atoms with van der Waals surface area (Å²) in [7, 11) is 1.64. The Balaban J connectivity index is 1.18. The molecule has 0 aliphatic carbocycles. The van der Waals surface area contributed by atoms with Gasteiger partial charge in [-0.15, -0.1) is 0 Å². The molecular weight excluding hydrogens is 468 g/mol. The smallest absolute Gasteiger partial charge is 0.212 e. The van der Waals surface area contributed by atoms with Gasteiger partial charge in [0, 0.05) is 61.3 Å². The van der Waals surface area contributed by atoms with Crippen LogP contribution in [0.15, 0.2) is 55.1 Å². The maximum atomic E-state index is 6.10. The minimum Gasteiger partial charge on any atom is -0.492 e. The molecule has 10 nitrogen and oxygen atoms in total. The Bertz CT molecular complexity index is 1360. The number of rotatable bonds is 8. The van der Waals surface area contributed by atoms with Gasteiger partial charge in [0.2, 0.25) is 5.88 Å². The number of aromatic nitrogens is 5. The first-order valence-electron chi connectivity index (χ1n) is 12.5. The second kappa shape index (κ2) is 9.70. The summed E-state index contributed by atoms with van der Waals surface area (Å²) < 4.78 is 10.9. The zero-order valence-electron chi connectivity index (χ0n) is 21.0. The van der Waals surface area contributed by atoms with Crippen molar-refractivity contribution in [2.45, 2.75) is 32.0 Å². The van der Waals surface area contributed by atoms with E-state index in [2.05, 4.69) is 48.2 Å². The van der Waals surface area contributed by atoms with Gasteiger partial charge in [-0.2, -0.15) is 5.10 Å². The lowest BCUT2D eigenvalue weighted by Gasteiger charge is -2.56. The molecule has 0 saturated carbocycles. The number of nitrogens with zero attached hydrogens (tertiary/aromatic N) is 6. The normalized spacial score (nSPS) is 18.9. The molecule has 0 amide bonds. The number of piperazine rings is 1. The van der Waals surface area contributed by atoms with Crippen molar-refractivity contribution >= 4 is 11.6 Å². The highest BCUT2D eigenvalue weighted by Crippen LogP contribution is 2.37. The number of nitrogen functional groups attached to an aromatic ring is 1. The van der Waals surface area contributed by atoms with Crippen LogP contribution in [0.5, 0.6) is 11.6 Å². The fraction of sp³-hybridized carbons (Fsp3) is 0.333. The highest BCUT2D eigenvalue weighted by Gasteiger charge is 2.44. The predicted molar refractivity (Wildman–Crippen MR) is 141 cm³/mol. The van der Waals surface area contributed by atoms with Crippen LogP contribution in [-0.2, 0) is 6.54 Å². The van der Waals surface area contributed by atoms with Gasteiger partial charge in [0.1, 0.15) is 17.4 Å². The van der Waals surface area contributed by atoms with Crippen LogP contribution in [0.3, 0.4) is 0 Å². The maximum absolute atomic E-state index is 6.10. The average Bonchev–Trinajstić information content (AvgIpc) is 3.37. The molecule has 4 aromatic rings. The van der Waals surface area contributed by atoms with Crippen LogP contribution in [0.2, 0.25) is 0 Å². The quantitative estimate of drug-likeness (QED) is 0.377. The highest BCUT2D eigenvalue weighted by atomic mass is 16.5. The fourth-order valence-electron chi connectivity index (χ4n) is 5.31. The number of aromatic amines is 1. The number of anilines is 2. The van der Waals surface area contributed by atoms with Crippen LogP contribution in [0, 0.1) is 0 Å². The number of methoxy groups -OCH3 is 1. The third kappa shape index (κ3) is 4.44. The summed E-state index contributed by atoms with van der Waals surface area (Å²) in [5.74, 6) is 2.82. The van der Waals surface area contributed by atoms with Crippen molar-refractivity contribution in [1.82, 2.24) is 30.0 Å². The summed E-state index contributed by atoms with van der Waals surface area (Å²) in [6.07, 6.45) is 8.44. The van der Waals surface area contributed by atoms with Gasteiger partial charge in [-0.3, -0.25) is 15.0 Å². The van der Waals surface area contributed by atoms with E-state index in [1.807, 2.05) is 31.5 Å². The van der Waals surface area contributed by atoms with E-state index in [1.165, 1.54) is 12.0 Å². The standard InChI is InChI=1S/C27H30N8O2/c1-3-37-21-9-22(26(31-12-21)23-13-32-33-27(23)28)18-5-6-24(29-11-18)34-15-19-8-20(16-34)35(19)14-17-4-7-25(36-2)30-10-17/h4-7,9-13,19-20H,3,8,14-16H2,1-2H3,(H3,28,32,33). The Morgan fingerprint density at radius 1 is 1.00 bits per heavy atom. The summed E-state index contributed by atoms with van der Waals surface area (Å²) in [6.45, 7) is 5.36. The van der Waals surface area contributed by atoms with E-state index in [-0.39, 0.29) is 0 Å². The summed E-state index contributed by atoms with van der Waals surface area (Å²) in [5, 5.41) is 6.85. The van der Waals surface area contributed by atoms with E-state index in [4.69, 9.17) is 20.2 Å². The van der Waals surface area contributed by atoms with Gasteiger partial charge < -0.3 is 20.1 Å². The van der Waals surface area contributed by atoms with Gasteiger partial charge in [-0.05, 0) is 37.1 Å². The second-order valence-corrected chi connectivity index (χ2v) is 9.43. The first-order chi connectivity index (χ1) is 18.1. The van der Waals surface area contributed by atoms with Crippen LogP contribution >= 0.6 is 0 Å². The van der Waals surface area contributed by atoms with Crippen molar-refractivity contribution < 1.29 is 9.47 Å². The van der Waals surface area contributed by atoms with Gasteiger partial charge in [-0.25, -0.2) is 9.97 Å². The lowest BCUT2D eigenvalue weighted by molar-refractivity contribution is -0.00876. The lowest BCUT2D eigenvalue weighted by atomic mass is 9.87. The number of nitrogens with two attached hydrogens (primary N) is 1. The molecule has 4 aromatic heterocycles. The van der Waals surface area contributed by atoms with Crippen molar-refractivity contribution in [3.63, 3.8) is 0 Å². The third-order valence-corrected chi connectivity index (χ3v) is 7.20. The van der Waals surface area contributed by atoms with Gasteiger partial charge >= 0.3 is 0 Å². The van der Waals surface area contributed by atoms with E-state index < -0.39 is 0 Å². The van der Waals surface area contributed by atoms with Crippen LogP contribution in [0.1, 0.15) is 18.9 Å². The summed E-state index contributed by atoms with van der Waals surface area (Å²) >= 11 is 0. The molecule has 3 aliphatic rings. The Kier molecular flexibility index (Phi) is 6.09. The van der Waals surface area contributed by atoms with Crippen molar-refractivity contribution in [2.24, 2.45) is 0 Å². The van der Waals surface area contributed by atoms with Crippen molar-refractivity contribution in [1.29, 1.82) is 0 Å². The molecule has 190 valence electrons. The number of hydrogen-bond acceptors (Lipinski definition) is 9. The van der Waals surface area contributed by atoms with E-state index in [0.717, 1.165) is 47.8 Å². The number of H-pyrrole nitrogens is 1. The zero-order valence-corrected chi connectivity index (χ0v) is 21.0. The number of pyridine rings is 3. The monoisotopic (exact) mass is 498 g/mol. The molecule has 2 unspecified atom stereocenters. The van der Waals surface area contributed by atoms with Gasteiger partial charge in [0.05, 0.1) is 37.4 Å². The van der Waals surface area contributed by atoms with Crippen LogP contribution in [-0.4, -0.2) is 68.9 Å². The number of fused-ring (bicyclic) bond motifs is 2. The molecule has 2 atom stereocenters. The van der Waals surface area contributed by atoms with E-state index in [1.54, 1.807) is 19.5 Å². The van der Waals surface area contributed by atoms with Crippen LogP contribution in [0.4, 0.5) is 11.6 Å². The van der Waals surface area contributed by atoms with E-state index in [0.29, 0.717) is 36.1 Å². The van der Waals surface area contributed by atoms with Crippen LogP contribution in [0.25, 0.3) is 22.4 Å². The fourth-order valence-corrected chi connectivity index (χ4v) is 5.31. The molecule has 3 N–H and O–H groups in total. The Labute approximate surface area is 215 Å². The van der Waals surface area contributed by atoms with Gasteiger partial charge in [0.25, 0.3) is 0 Å². The largest absolute Gasteiger partial charge is 0.492 e. The highest BCUT2D eigenvalue weighted by molar-refractivity contribution is 5.85. The van der Waals surface area contributed by atoms with Gasteiger partial charge in [0.15, 0.2) is 0 Å². The van der Waals surface area contributed by atoms with E-state index >= 15 is 0 Å². The molecule has 0 aromatic carbocycles. The molecule has 2 bridgehead atoms. The molecule has 37 heavy (non-hydrogen) atoms. The number of piperidine rings is 1. The first kappa shape index (κ1) is 23.2. The second-order valence-electron chi connectivity index (χ2n) is 9.43. The molecule has 0 spiro atoms. The van der Waals surface area contributed by atoms with E-state index in [9.17, 15) is 0 Å². The Hall–Kier alpha value is -4.18. The SMILES string of the molecule is CCOc1cnc(-c2cn[nH]c2N)c(-c2ccc(N3CC4CC(C3)N4Cc3ccc(OC)nc3)nc2)c1. The Morgan fingerprint density at radius 3 is 2.51 bits per heavy atom. The summed E-state index contributed by atoms with van der Waals surface area (Å²) in [4.78, 5) is 18.8. The first-order valence-corrected chi connectivity index (χ1v) is 12.5. The molecule has 7 rings (SSSR count). The topological polar surface area (TPSA) is 118 Å². The summed E-state index contributed by atoms with van der Waals surface area (Å²) in [6, 6.07) is 11.2. The number of nitrogens with one attached hydrogen (secondary N) is 1. The number of ether oxygens (including phenoxy) is 2.